The number of phenols is 1. The molecular formula is C15H16ClN3O3S. The Morgan fingerprint density at radius 1 is 1.30 bits per heavy atom. The molecule has 122 valence electrons. The minimum absolute atomic E-state index is 0.147. The summed E-state index contributed by atoms with van der Waals surface area (Å²) >= 11 is 6.06. The molecule has 23 heavy (non-hydrogen) atoms. The zero-order valence-electron chi connectivity index (χ0n) is 12.2. The minimum Gasteiger partial charge on any atom is -0.508 e. The van der Waals surface area contributed by atoms with Crippen LogP contribution >= 0.6 is 11.6 Å². The van der Waals surface area contributed by atoms with Gasteiger partial charge in [0.25, 0.3) is 0 Å². The van der Waals surface area contributed by atoms with E-state index in [1.54, 1.807) is 24.3 Å². The first-order valence-corrected chi connectivity index (χ1v) is 9.12. The second kappa shape index (κ2) is 6.25. The predicted molar refractivity (Wildman–Crippen MR) is 90.4 cm³/mol. The van der Waals surface area contributed by atoms with E-state index in [9.17, 15) is 13.5 Å². The van der Waals surface area contributed by atoms with Gasteiger partial charge in [-0.25, -0.2) is 13.4 Å². The monoisotopic (exact) mass is 353 g/mol. The van der Waals surface area contributed by atoms with Gasteiger partial charge in [0.05, 0.1) is 17.6 Å². The molecule has 1 aromatic carbocycles. The van der Waals surface area contributed by atoms with Gasteiger partial charge in [0, 0.05) is 18.1 Å². The average Bonchev–Trinajstić information content (AvgIpc) is 2.88. The van der Waals surface area contributed by atoms with Gasteiger partial charge in [-0.1, -0.05) is 11.6 Å². The van der Waals surface area contributed by atoms with Crippen LogP contribution in [0.1, 0.15) is 12.0 Å². The molecule has 1 fully saturated rings. The Morgan fingerprint density at radius 3 is 2.78 bits per heavy atom. The lowest BCUT2D eigenvalue weighted by Crippen LogP contribution is -2.25. The number of nitrogens with zero attached hydrogens (tertiary/aromatic N) is 2. The molecule has 1 aromatic heterocycles. The summed E-state index contributed by atoms with van der Waals surface area (Å²) in [6, 6.07) is 8.18. The fourth-order valence-corrected chi connectivity index (χ4v) is 4.19. The number of rotatable bonds is 4. The summed E-state index contributed by atoms with van der Waals surface area (Å²) in [5.74, 6) is 0.932. The minimum atomic E-state index is -3.19. The molecule has 0 spiro atoms. The first kappa shape index (κ1) is 15.9. The van der Waals surface area contributed by atoms with Crippen molar-refractivity contribution in [2.75, 3.05) is 21.9 Å². The molecule has 0 atom stereocenters. The van der Waals surface area contributed by atoms with E-state index in [1.807, 2.05) is 0 Å². The van der Waals surface area contributed by atoms with Crippen molar-refractivity contribution in [3.8, 4) is 5.75 Å². The van der Waals surface area contributed by atoms with Gasteiger partial charge in [-0.15, -0.1) is 0 Å². The number of pyridine rings is 1. The zero-order chi connectivity index (χ0) is 16.4. The molecular weight excluding hydrogens is 338 g/mol. The number of aromatic nitrogens is 1. The number of nitrogens with one attached hydrogen (secondary N) is 1. The highest BCUT2D eigenvalue weighted by atomic mass is 35.5. The van der Waals surface area contributed by atoms with Crippen molar-refractivity contribution in [1.82, 2.24) is 4.98 Å². The van der Waals surface area contributed by atoms with Crippen molar-refractivity contribution in [3.05, 3.63) is 47.1 Å². The lowest BCUT2D eigenvalue weighted by atomic mass is 10.2. The van der Waals surface area contributed by atoms with Crippen LogP contribution in [-0.2, 0) is 16.6 Å². The summed E-state index contributed by atoms with van der Waals surface area (Å²) in [7, 11) is -3.19. The number of benzene rings is 1. The molecule has 0 unspecified atom stereocenters. The van der Waals surface area contributed by atoms with E-state index in [0.29, 0.717) is 36.0 Å². The molecule has 0 bridgehead atoms. The Kier molecular flexibility index (Phi) is 4.32. The van der Waals surface area contributed by atoms with E-state index in [0.717, 1.165) is 5.56 Å². The summed E-state index contributed by atoms with van der Waals surface area (Å²) in [6.45, 7) is 0.900. The molecule has 2 N–H and O–H groups in total. The summed E-state index contributed by atoms with van der Waals surface area (Å²) in [6.07, 6.45) is 2.17. The summed E-state index contributed by atoms with van der Waals surface area (Å²) in [5, 5.41) is 13.1. The smallest absolute Gasteiger partial charge is 0.235 e. The largest absolute Gasteiger partial charge is 0.508 e. The molecule has 1 aliphatic heterocycles. The van der Waals surface area contributed by atoms with Gasteiger partial charge >= 0.3 is 0 Å². The topological polar surface area (TPSA) is 82.5 Å². The normalized spacial score (nSPS) is 16.5. The highest BCUT2D eigenvalue weighted by Crippen LogP contribution is 2.25. The number of sulfonamides is 1. The number of anilines is 2. The van der Waals surface area contributed by atoms with Crippen LogP contribution < -0.4 is 9.62 Å². The van der Waals surface area contributed by atoms with E-state index in [-0.39, 0.29) is 11.5 Å². The highest BCUT2D eigenvalue weighted by Gasteiger charge is 2.28. The van der Waals surface area contributed by atoms with Crippen molar-refractivity contribution in [2.45, 2.75) is 13.0 Å². The predicted octanol–water partition coefficient (Wildman–Crippen LogP) is 2.59. The second-order valence-corrected chi connectivity index (χ2v) is 7.69. The Hall–Kier alpha value is -1.99. The molecule has 8 heteroatoms. The molecule has 1 saturated heterocycles. The molecule has 0 aliphatic carbocycles. The van der Waals surface area contributed by atoms with Gasteiger partial charge in [-0.2, -0.15) is 0 Å². The van der Waals surface area contributed by atoms with E-state index >= 15 is 0 Å². The van der Waals surface area contributed by atoms with Crippen molar-refractivity contribution in [3.63, 3.8) is 0 Å². The maximum atomic E-state index is 11.9. The quantitative estimate of drug-likeness (QED) is 0.882. The third kappa shape index (κ3) is 3.51. The van der Waals surface area contributed by atoms with Crippen molar-refractivity contribution in [1.29, 1.82) is 0 Å². The molecule has 0 radical (unpaired) electrons. The lowest BCUT2D eigenvalue weighted by Gasteiger charge is -2.16. The fourth-order valence-electron chi connectivity index (χ4n) is 2.45. The SMILES string of the molecule is O=S1(=O)CCCN1c1ccc(NCc2cc(O)ccc2Cl)nc1. The second-order valence-electron chi connectivity index (χ2n) is 5.27. The fraction of sp³-hybridized carbons (Fsp3) is 0.267. The third-order valence-electron chi connectivity index (χ3n) is 3.62. The highest BCUT2D eigenvalue weighted by molar-refractivity contribution is 7.93. The van der Waals surface area contributed by atoms with Crippen molar-refractivity contribution < 1.29 is 13.5 Å². The molecule has 0 amide bonds. The molecule has 2 aromatic rings. The van der Waals surface area contributed by atoms with Crippen LogP contribution in [0.3, 0.4) is 0 Å². The van der Waals surface area contributed by atoms with E-state index < -0.39 is 10.0 Å². The summed E-state index contributed by atoms with van der Waals surface area (Å²) in [4.78, 5) is 4.23. The Morgan fingerprint density at radius 2 is 2.13 bits per heavy atom. The van der Waals surface area contributed by atoms with Crippen LogP contribution in [0, 0.1) is 0 Å². The third-order valence-corrected chi connectivity index (χ3v) is 5.86. The van der Waals surface area contributed by atoms with Gasteiger partial charge in [0.1, 0.15) is 11.6 Å². The van der Waals surface area contributed by atoms with Crippen molar-refractivity contribution >= 4 is 33.1 Å². The molecule has 1 aliphatic rings. The standard InChI is InChI=1S/C15H16ClN3O3S/c16-14-4-3-13(20)8-11(14)9-17-15-5-2-12(10-18-15)19-6-1-7-23(19,21)22/h2-5,8,10,20H,1,6-7,9H2,(H,17,18). The Labute approximate surface area is 139 Å². The summed E-state index contributed by atoms with van der Waals surface area (Å²) in [5.41, 5.74) is 1.32. The van der Waals surface area contributed by atoms with Crippen LogP contribution in [0.4, 0.5) is 11.5 Å². The maximum absolute atomic E-state index is 11.9. The van der Waals surface area contributed by atoms with Gasteiger partial charge in [-0.3, -0.25) is 4.31 Å². The lowest BCUT2D eigenvalue weighted by molar-refractivity contribution is 0.474. The van der Waals surface area contributed by atoms with Gasteiger partial charge in [0.15, 0.2) is 0 Å². The number of phenolic OH excluding ortho intramolecular Hbond substituents is 1. The maximum Gasteiger partial charge on any atom is 0.235 e. The Bertz CT molecular complexity index is 809. The molecule has 3 rings (SSSR count). The number of hydrogen-bond acceptors (Lipinski definition) is 5. The van der Waals surface area contributed by atoms with E-state index in [1.165, 1.54) is 16.6 Å². The molecule has 2 heterocycles. The Balaban J connectivity index is 1.69. The van der Waals surface area contributed by atoms with E-state index in [2.05, 4.69) is 10.3 Å². The average molecular weight is 354 g/mol. The van der Waals surface area contributed by atoms with Gasteiger partial charge in [-0.05, 0) is 42.3 Å². The molecule has 6 nitrogen and oxygen atoms in total. The zero-order valence-corrected chi connectivity index (χ0v) is 13.8. The van der Waals surface area contributed by atoms with Gasteiger partial charge < -0.3 is 10.4 Å². The number of hydrogen-bond donors (Lipinski definition) is 2. The van der Waals surface area contributed by atoms with Crippen LogP contribution in [0.15, 0.2) is 36.5 Å². The first-order valence-electron chi connectivity index (χ1n) is 7.13. The van der Waals surface area contributed by atoms with Crippen LogP contribution in [0.2, 0.25) is 5.02 Å². The molecule has 0 saturated carbocycles. The van der Waals surface area contributed by atoms with Crippen LogP contribution in [0.5, 0.6) is 5.75 Å². The van der Waals surface area contributed by atoms with Crippen molar-refractivity contribution in [2.24, 2.45) is 0 Å². The van der Waals surface area contributed by atoms with Gasteiger partial charge in [0.2, 0.25) is 10.0 Å². The van der Waals surface area contributed by atoms with E-state index in [4.69, 9.17) is 11.6 Å². The number of aromatic hydroxyl groups is 1. The summed E-state index contributed by atoms with van der Waals surface area (Å²) < 4.78 is 25.1. The van der Waals surface area contributed by atoms with Crippen LogP contribution in [0.25, 0.3) is 0 Å². The van der Waals surface area contributed by atoms with Crippen LogP contribution in [-0.4, -0.2) is 30.8 Å². The first-order chi connectivity index (χ1) is 11.0. The number of halogens is 1.